The third-order valence-electron chi connectivity index (χ3n) is 10.3. The van der Waals surface area contributed by atoms with Crippen molar-refractivity contribution in [2.24, 2.45) is 34.5 Å². The van der Waals surface area contributed by atoms with Gasteiger partial charge in [0.2, 0.25) is 0 Å². The van der Waals surface area contributed by atoms with Gasteiger partial charge in [-0.2, -0.15) is 0 Å². The molecule has 0 amide bonds. The minimum atomic E-state index is 0.00141. The summed E-state index contributed by atoms with van der Waals surface area (Å²) in [5.74, 6) is 3.59. The number of hydrogen-bond acceptors (Lipinski definition) is 2. The van der Waals surface area contributed by atoms with Crippen LogP contribution in [0.2, 0.25) is 0 Å². The Balaban J connectivity index is 1.38. The van der Waals surface area contributed by atoms with Gasteiger partial charge in [0, 0.05) is 24.9 Å². The molecule has 0 spiro atoms. The first kappa shape index (κ1) is 20.7. The van der Waals surface area contributed by atoms with Crippen LogP contribution in [0.4, 0.5) is 0 Å². The molecule has 0 aliphatic heterocycles. The van der Waals surface area contributed by atoms with Crippen LogP contribution in [0.25, 0.3) is 0 Å². The van der Waals surface area contributed by atoms with E-state index in [0.29, 0.717) is 17.1 Å². The van der Waals surface area contributed by atoms with Crippen molar-refractivity contribution in [2.45, 2.75) is 90.6 Å². The molecule has 7 atom stereocenters. The van der Waals surface area contributed by atoms with Crippen molar-refractivity contribution in [2.75, 3.05) is 6.61 Å². The van der Waals surface area contributed by atoms with E-state index in [9.17, 15) is 4.79 Å². The normalized spacial score (nSPS) is 45.5. The van der Waals surface area contributed by atoms with E-state index in [4.69, 9.17) is 4.74 Å². The lowest BCUT2D eigenvalue weighted by atomic mass is 9.44. The van der Waals surface area contributed by atoms with Crippen LogP contribution >= 0.6 is 0 Å². The number of fused-ring (bicyclic) bond motifs is 5. The lowest BCUT2D eigenvalue weighted by Gasteiger charge is -2.62. The molecule has 1 aromatic carbocycles. The smallest absolute Gasteiger partial charge is 0.139 e. The van der Waals surface area contributed by atoms with Crippen LogP contribution in [0.3, 0.4) is 0 Å². The highest BCUT2D eigenvalue weighted by atomic mass is 16.5. The maximum Gasteiger partial charge on any atom is 0.139 e. The van der Waals surface area contributed by atoms with Crippen molar-refractivity contribution in [3.05, 3.63) is 35.9 Å². The van der Waals surface area contributed by atoms with Gasteiger partial charge in [-0.25, -0.2) is 0 Å². The molecule has 2 heteroatoms. The fourth-order valence-electron chi connectivity index (χ4n) is 8.70. The minimum absolute atomic E-state index is 0.00141. The van der Waals surface area contributed by atoms with E-state index in [1.54, 1.807) is 0 Å². The van der Waals surface area contributed by atoms with Crippen LogP contribution in [0.1, 0.15) is 84.1 Å². The molecule has 2 nitrogen and oxygen atoms in total. The Hall–Kier alpha value is -1.15. The fourth-order valence-corrected chi connectivity index (χ4v) is 8.70. The zero-order chi connectivity index (χ0) is 21.0. The Bertz CT molecular complexity index is 787. The first-order valence-corrected chi connectivity index (χ1v) is 12.6. The van der Waals surface area contributed by atoms with E-state index >= 15 is 0 Å². The average molecular weight is 409 g/mol. The van der Waals surface area contributed by atoms with Gasteiger partial charge in [-0.15, -0.1) is 0 Å². The number of ketones is 1. The van der Waals surface area contributed by atoms with Crippen molar-refractivity contribution >= 4 is 5.78 Å². The summed E-state index contributed by atoms with van der Waals surface area (Å²) >= 11 is 0. The molecule has 4 aliphatic carbocycles. The molecule has 0 radical (unpaired) electrons. The highest BCUT2D eigenvalue weighted by Crippen LogP contribution is 2.66. The number of rotatable bonds is 4. The Kier molecular flexibility index (Phi) is 5.16. The molecule has 0 heterocycles. The molecule has 0 aromatic heterocycles. The summed E-state index contributed by atoms with van der Waals surface area (Å²) < 4.78 is 6.56. The van der Waals surface area contributed by atoms with Gasteiger partial charge >= 0.3 is 0 Å². The van der Waals surface area contributed by atoms with Gasteiger partial charge in [-0.05, 0) is 92.9 Å². The number of carbonyl (C=O) groups excluding carboxylic acids is 1. The molecule has 0 bridgehead atoms. The lowest BCUT2D eigenvalue weighted by Crippen LogP contribution is -2.56. The van der Waals surface area contributed by atoms with Crippen molar-refractivity contribution < 1.29 is 9.53 Å². The number of hydrogen-bond donors (Lipinski definition) is 0. The first-order chi connectivity index (χ1) is 14.4. The second-order valence-corrected chi connectivity index (χ2v) is 11.6. The molecule has 4 saturated carbocycles. The quantitative estimate of drug-likeness (QED) is 0.560. The van der Waals surface area contributed by atoms with E-state index in [1.165, 1.54) is 44.1 Å². The second kappa shape index (κ2) is 7.47. The van der Waals surface area contributed by atoms with Crippen LogP contribution in [0.5, 0.6) is 0 Å². The van der Waals surface area contributed by atoms with Crippen LogP contribution in [0, 0.1) is 34.5 Å². The SMILES string of the molecule is CCO[C@]1(Cc2ccccc2)CC[C@@]2(C)C(CCC3C2CC[C@]2(C)C(=O)CCC32)C1. The van der Waals surface area contributed by atoms with E-state index in [2.05, 4.69) is 51.1 Å². The minimum Gasteiger partial charge on any atom is -0.375 e. The van der Waals surface area contributed by atoms with Crippen molar-refractivity contribution in [1.29, 1.82) is 0 Å². The number of Topliss-reactive ketones (excluding diaryl/α,β-unsaturated/α-hetero) is 1. The van der Waals surface area contributed by atoms with Crippen LogP contribution in [-0.4, -0.2) is 18.0 Å². The molecule has 4 unspecified atom stereocenters. The predicted octanol–water partition coefficient (Wildman–Crippen LogP) is 6.62. The third kappa shape index (κ3) is 3.12. The zero-order valence-electron chi connectivity index (χ0n) is 19.3. The molecule has 5 rings (SSSR count). The summed E-state index contributed by atoms with van der Waals surface area (Å²) in [6, 6.07) is 11.0. The van der Waals surface area contributed by atoms with Crippen molar-refractivity contribution in [3.63, 3.8) is 0 Å². The fraction of sp³-hybridized carbons (Fsp3) is 0.750. The van der Waals surface area contributed by atoms with Crippen LogP contribution in [-0.2, 0) is 16.0 Å². The van der Waals surface area contributed by atoms with Crippen molar-refractivity contribution in [1.82, 2.24) is 0 Å². The molecular formula is C28H40O2. The second-order valence-electron chi connectivity index (χ2n) is 11.6. The first-order valence-electron chi connectivity index (χ1n) is 12.6. The Morgan fingerprint density at radius 2 is 1.77 bits per heavy atom. The van der Waals surface area contributed by atoms with E-state index in [-0.39, 0.29) is 11.0 Å². The van der Waals surface area contributed by atoms with Gasteiger partial charge in [0.05, 0.1) is 5.60 Å². The largest absolute Gasteiger partial charge is 0.375 e. The monoisotopic (exact) mass is 408 g/mol. The van der Waals surface area contributed by atoms with Gasteiger partial charge in [0.15, 0.2) is 0 Å². The summed E-state index contributed by atoms with van der Waals surface area (Å²) in [5, 5.41) is 0. The van der Waals surface area contributed by atoms with Gasteiger partial charge in [-0.1, -0.05) is 44.2 Å². The van der Waals surface area contributed by atoms with Gasteiger partial charge in [0.1, 0.15) is 5.78 Å². The van der Waals surface area contributed by atoms with Crippen LogP contribution < -0.4 is 0 Å². The van der Waals surface area contributed by atoms with Gasteiger partial charge in [-0.3, -0.25) is 4.79 Å². The molecule has 4 fully saturated rings. The summed E-state index contributed by atoms with van der Waals surface area (Å²) in [5.41, 5.74) is 1.87. The Morgan fingerprint density at radius 3 is 2.53 bits per heavy atom. The number of carbonyl (C=O) groups is 1. The molecule has 4 aliphatic rings. The molecular weight excluding hydrogens is 368 g/mol. The molecule has 30 heavy (non-hydrogen) atoms. The molecule has 0 saturated heterocycles. The Labute approximate surface area is 183 Å². The highest BCUT2D eigenvalue weighted by molar-refractivity contribution is 5.87. The Morgan fingerprint density at radius 1 is 0.967 bits per heavy atom. The van der Waals surface area contributed by atoms with Gasteiger partial charge in [0.25, 0.3) is 0 Å². The summed E-state index contributed by atoms with van der Waals surface area (Å²) in [4.78, 5) is 12.7. The van der Waals surface area contributed by atoms with Gasteiger partial charge < -0.3 is 4.74 Å². The maximum atomic E-state index is 12.7. The van der Waals surface area contributed by atoms with E-state index in [1.807, 2.05) is 0 Å². The predicted molar refractivity (Wildman–Crippen MR) is 121 cm³/mol. The molecule has 1 aromatic rings. The average Bonchev–Trinajstić information content (AvgIpc) is 3.04. The summed E-state index contributed by atoms with van der Waals surface area (Å²) in [7, 11) is 0. The number of ether oxygens (including phenoxy) is 1. The third-order valence-corrected chi connectivity index (χ3v) is 10.3. The van der Waals surface area contributed by atoms with Crippen LogP contribution in [0.15, 0.2) is 30.3 Å². The highest BCUT2D eigenvalue weighted by Gasteiger charge is 2.61. The van der Waals surface area contributed by atoms with E-state index in [0.717, 1.165) is 50.0 Å². The summed E-state index contributed by atoms with van der Waals surface area (Å²) in [6.45, 7) is 7.90. The molecule has 0 N–H and O–H groups in total. The standard InChI is InChI=1S/C28H40O2/c1-4-30-28(18-20-8-6-5-7-9-20)17-16-26(2)21(19-28)10-11-22-23-12-13-25(29)27(23,3)15-14-24(22)26/h5-9,21-24H,4,10-19H2,1-3H3/t21?,22?,23?,24?,26-,27-,28-/m0/s1. The number of benzene rings is 1. The zero-order valence-corrected chi connectivity index (χ0v) is 19.3. The topological polar surface area (TPSA) is 26.3 Å². The van der Waals surface area contributed by atoms with Crippen molar-refractivity contribution in [3.8, 4) is 0 Å². The lowest BCUT2D eigenvalue weighted by molar-refractivity contribution is -0.165. The maximum absolute atomic E-state index is 12.7. The van der Waals surface area contributed by atoms with E-state index < -0.39 is 0 Å². The molecule has 164 valence electrons. The summed E-state index contributed by atoms with van der Waals surface area (Å²) in [6.07, 6.45) is 11.8.